The van der Waals surface area contributed by atoms with Crippen LogP contribution in [0.1, 0.15) is 81.8 Å². The molecule has 1 fully saturated rings. The van der Waals surface area contributed by atoms with Gasteiger partial charge in [-0.1, -0.05) is 0 Å². The second-order valence-electron chi connectivity index (χ2n) is 9.66. The van der Waals surface area contributed by atoms with Crippen LogP contribution in [0.25, 0.3) is 0 Å². The van der Waals surface area contributed by atoms with Crippen LogP contribution >= 0.6 is 0 Å². The topological polar surface area (TPSA) is 128 Å². The minimum atomic E-state index is -3.77. The average molecular weight is 526 g/mol. The number of sulfone groups is 1. The molecule has 0 amide bonds. The maximum absolute atomic E-state index is 13.7. The van der Waals surface area contributed by atoms with Crippen LogP contribution in [0.4, 0.5) is 0 Å². The maximum atomic E-state index is 13.7. The van der Waals surface area contributed by atoms with E-state index in [9.17, 15) is 8.42 Å². The lowest BCUT2D eigenvalue weighted by atomic mass is 10.2. The van der Waals surface area contributed by atoms with Crippen molar-refractivity contribution in [3.8, 4) is 0 Å². The van der Waals surface area contributed by atoms with Crippen LogP contribution < -0.4 is 0 Å². The molecule has 202 valence electrons. The molecule has 2 aromatic rings. The van der Waals surface area contributed by atoms with Gasteiger partial charge in [-0.05, 0) is 53.0 Å². The summed E-state index contributed by atoms with van der Waals surface area (Å²) in [6.07, 6.45) is 3.76. The zero-order valence-corrected chi connectivity index (χ0v) is 23.1. The Morgan fingerprint density at radius 1 is 1.08 bits per heavy atom. The Morgan fingerprint density at radius 2 is 1.72 bits per heavy atom. The van der Waals surface area contributed by atoms with E-state index in [1.165, 1.54) is 0 Å². The molecule has 36 heavy (non-hydrogen) atoms. The number of hydrogen-bond donors (Lipinski definition) is 0. The molecule has 3 rings (SSSR count). The van der Waals surface area contributed by atoms with Crippen LogP contribution in [0.3, 0.4) is 0 Å². The van der Waals surface area contributed by atoms with Gasteiger partial charge in [0.25, 0.3) is 0 Å². The quantitative estimate of drug-likeness (QED) is 0.385. The lowest BCUT2D eigenvalue weighted by Gasteiger charge is -2.26. The highest BCUT2D eigenvalue weighted by Crippen LogP contribution is 2.34. The second kappa shape index (κ2) is 12.5. The summed E-state index contributed by atoms with van der Waals surface area (Å²) in [5.74, 6) is 0.898. The van der Waals surface area contributed by atoms with E-state index in [0.717, 1.165) is 18.4 Å². The second-order valence-corrected chi connectivity index (χ2v) is 12.0. The van der Waals surface area contributed by atoms with E-state index in [4.69, 9.17) is 18.9 Å². The molecule has 3 heterocycles. The molecule has 11 nitrogen and oxygen atoms in total. The smallest absolute Gasteiger partial charge is 0.163 e. The van der Waals surface area contributed by atoms with E-state index in [2.05, 4.69) is 20.2 Å². The van der Waals surface area contributed by atoms with Crippen molar-refractivity contribution >= 4 is 9.84 Å². The van der Waals surface area contributed by atoms with Gasteiger partial charge in [0.1, 0.15) is 23.8 Å². The monoisotopic (exact) mass is 525 g/mol. The van der Waals surface area contributed by atoms with Crippen LogP contribution in [0, 0.1) is 6.92 Å². The normalized spacial score (nSPS) is 20.4. The Bertz CT molecular complexity index is 1070. The molecule has 0 radical (unpaired) electrons. The predicted octanol–water partition coefficient (Wildman–Crippen LogP) is 2.92. The largest absolute Gasteiger partial charge is 0.382 e. The third kappa shape index (κ3) is 6.86. The fraction of sp³-hybridized carbons (Fsp3) is 0.750. The van der Waals surface area contributed by atoms with Gasteiger partial charge in [0.15, 0.2) is 21.5 Å². The lowest BCUT2D eigenvalue weighted by Crippen LogP contribution is -2.33. The van der Waals surface area contributed by atoms with Crippen molar-refractivity contribution in [3.05, 3.63) is 35.4 Å². The summed E-state index contributed by atoms with van der Waals surface area (Å²) in [4.78, 5) is 8.70. The highest BCUT2D eigenvalue weighted by atomic mass is 32.2. The Kier molecular flexibility index (Phi) is 9.93. The summed E-state index contributed by atoms with van der Waals surface area (Å²) in [7, 11) is -0.590. The number of aryl methyl sites for hydroxylation is 1. The van der Waals surface area contributed by atoms with Crippen molar-refractivity contribution in [1.29, 1.82) is 0 Å². The van der Waals surface area contributed by atoms with Crippen molar-refractivity contribution < 1.29 is 27.4 Å². The predicted molar refractivity (Wildman–Crippen MR) is 133 cm³/mol. The summed E-state index contributed by atoms with van der Waals surface area (Å²) in [5, 5.41) is 7.76. The van der Waals surface area contributed by atoms with Crippen molar-refractivity contribution in [2.45, 2.75) is 88.9 Å². The van der Waals surface area contributed by atoms with Gasteiger partial charge in [0.2, 0.25) is 0 Å². The third-order valence-corrected chi connectivity index (χ3v) is 8.23. The van der Waals surface area contributed by atoms with Crippen molar-refractivity contribution in [1.82, 2.24) is 24.7 Å². The zero-order chi connectivity index (χ0) is 26.5. The van der Waals surface area contributed by atoms with Gasteiger partial charge in [-0.25, -0.2) is 18.4 Å². The van der Waals surface area contributed by atoms with Gasteiger partial charge < -0.3 is 23.5 Å². The van der Waals surface area contributed by atoms with Gasteiger partial charge in [-0.3, -0.25) is 0 Å². The molecule has 2 aromatic heterocycles. The number of methoxy groups -OCH3 is 2. The molecule has 0 saturated carbocycles. The Morgan fingerprint density at radius 3 is 2.25 bits per heavy atom. The number of nitrogens with zero attached hydrogens (tertiary/aromatic N) is 5. The molecular formula is C24H39N5O6S. The molecule has 0 spiro atoms. The molecule has 1 aliphatic heterocycles. The van der Waals surface area contributed by atoms with Gasteiger partial charge in [0.05, 0.1) is 36.7 Å². The molecule has 4 atom stereocenters. The summed E-state index contributed by atoms with van der Waals surface area (Å²) in [6, 6.07) is -0.312. The minimum Gasteiger partial charge on any atom is -0.382 e. The van der Waals surface area contributed by atoms with Gasteiger partial charge >= 0.3 is 0 Å². The highest BCUT2D eigenvalue weighted by Gasteiger charge is 2.37. The molecule has 0 unspecified atom stereocenters. The van der Waals surface area contributed by atoms with Crippen molar-refractivity contribution in [2.75, 3.05) is 27.4 Å². The number of aromatic nitrogens is 5. The molecule has 0 aromatic carbocycles. The molecule has 1 saturated heterocycles. The summed E-state index contributed by atoms with van der Waals surface area (Å²) >= 11 is 0. The van der Waals surface area contributed by atoms with Crippen LogP contribution in [-0.2, 0) is 34.5 Å². The first-order valence-electron chi connectivity index (χ1n) is 12.3. The average Bonchev–Trinajstić information content (AvgIpc) is 3.43. The number of hydrogen-bond acceptors (Lipinski definition) is 10. The number of rotatable bonds is 13. The first-order valence-corrected chi connectivity index (χ1v) is 14.0. The van der Waals surface area contributed by atoms with Crippen LogP contribution in [-0.4, -0.2) is 78.0 Å². The SMILES string of the molecule is COCC(COC)n1c(CS(=O)(=O)[C@@H](C)[C@@H](OC(C)C)c2ncc(C)cn2)nnc1[C@H]1CC[C@@H](C)O1. The van der Waals surface area contributed by atoms with Crippen LogP contribution in [0.2, 0.25) is 0 Å². The summed E-state index contributed by atoms with van der Waals surface area (Å²) < 4.78 is 52.2. The van der Waals surface area contributed by atoms with Crippen molar-refractivity contribution in [2.24, 2.45) is 0 Å². The van der Waals surface area contributed by atoms with E-state index in [0.29, 0.717) is 30.7 Å². The third-order valence-electron chi connectivity index (χ3n) is 6.19. The van der Waals surface area contributed by atoms with E-state index >= 15 is 0 Å². The van der Waals surface area contributed by atoms with E-state index in [1.807, 2.05) is 32.3 Å². The van der Waals surface area contributed by atoms with E-state index in [-0.39, 0.29) is 30.1 Å². The van der Waals surface area contributed by atoms with E-state index < -0.39 is 21.2 Å². The minimum absolute atomic E-state index is 0.0964. The standard InChI is InChI=1S/C24H39N5O6S/c1-15(2)34-22(23-25-10-16(3)11-26-23)18(5)36(30,31)14-21-27-28-24(20-9-8-17(4)35-20)29(21)19(12-32-6)13-33-7/h10-11,15,17-20,22H,8-9,12-14H2,1-7H3/t17-,18+,20-,22-/m1/s1. The molecular weight excluding hydrogens is 486 g/mol. The Balaban J connectivity index is 1.97. The van der Waals surface area contributed by atoms with Crippen molar-refractivity contribution in [3.63, 3.8) is 0 Å². The molecule has 0 bridgehead atoms. The maximum Gasteiger partial charge on any atom is 0.163 e. The van der Waals surface area contributed by atoms with Crippen LogP contribution in [0.5, 0.6) is 0 Å². The summed E-state index contributed by atoms with van der Waals surface area (Å²) in [6.45, 7) is 9.82. The summed E-state index contributed by atoms with van der Waals surface area (Å²) in [5.41, 5.74) is 0.879. The number of ether oxygens (including phenoxy) is 4. The van der Waals surface area contributed by atoms with Crippen LogP contribution in [0.15, 0.2) is 12.4 Å². The fourth-order valence-electron chi connectivity index (χ4n) is 4.35. The highest BCUT2D eigenvalue weighted by molar-refractivity contribution is 7.91. The zero-order valence-electron chi connectivity index (χ0n) is 22.2. The molecule has 12 heteroatoms. The van der Waals surface area contributed by atoms with Gasteiger partial charge in [-0.15, -0.1) is 10.2 Å². The van der Waals surface area contributed by atoms with E-state index in [1.54, 1.807) is 33.5 Å². The first-order chi connectivity index (χ1) is 17.1. The fourth-order valence-corrected chi connectivity index (χ4v) is 5.73. The van der Waals surface area contributed by atoms with Gasteiger partial charge in [0, 0.05) is 26.6 Å². The Hall–Kier alpha value is -1.99. The lowest BCUT2D eigenvalue weighted by molar-refractivity contribution is 0.00139. The van der Waals surface area contributed by atoms with Gasteiger partial charge in [-0.2, -0.15) is 0 Å². The molecule has 1 aliphatic rings. The molecule has 0 aliphatic carbocycles. The Labute approximate surface area is 213 Å². The first kappa shape index (κ1) is 28.6. The molecule has 0 N–H and O–H groups in total.